The van der Waals surface area contributed by atoms with Crippen molar-refractivity contribution in [2.24, 2.45) is 0 Å². The summed E-state index contributed by atoms with van der Waals surface area (Å²) in [5.74, 6) is 1.02. The van der Waals surface area contributed by atoms with Gasteiger partial charge >= 0.3 is 0 Å². The number of aryl methyl sites for hydroxylation is 1. The van der Waals surface area contributed by atoms with Crippen LogP contribution in [0, 0.1) is 6.92 Å². The molecule has 4 rings (SSSR count). The van der Waals surface area contributed by atoms with E-state index >= 15 is 0 Å². The van der Waals surface area contributed by atoms with Gasteiger partial charge in [0.05, 0.1) is 11.0 Å². The van der Waals surface area contributed by atoms with Crippen molar-refractivity contribution in [3.63, 3.8) is 0 Å². The van der Waals surface area contributed by atoms with Crippen LogP contribution in [0.15, 0.2) is 48.5 Å². The van der Waals surface area contributed by atoms with Crippen molar-refractivity contribution in [1.82, 2.24) is 19.8 Å². The molecule has 2 aromatic carbocycles. The van der Waals surface area contributed by atoms with Gasteiger partial charge in [0.1, 0.15) is 5.82 Å². The third-order valence-corrected chi connectivity index (χ3v) is 5.00. The molecule has 1 fully saturated rings. The molecule has 0 spiro atoms. The maximum absolute atomic E-state index is 12.7. The van der Waals surface area contributed by atoms with Crippen molar-refractivity contribution in [2.75, 3.05) is 20.1 Å². The summed E-state index contributed by atoms with van der Waals surface area (Å²) in [6, 6.07) is 16.2. The van der Waals surface area contributed by atoms with Gasteiger partial charge in [-0.15, -0.1) is 12.4 Å². The first-order chi connectivity index (χ1) is 12.1. The summed E-state index contributed by atoms with van der Waals surface area (Å²) in [4.78, 5) is 19.2. The van der Waals surface area contributed by atoms with Gasteiger partial charge in [-0.1, -0.05) is 12.1 Å². The van der Waals surface area contributed by atoms with Crippen molar-refractivity contribution in [3.8, 4) is 5.69 Å². The first-order valence-corrected chi connectivity index (χ1v) is 8.67. The number of carbonyl (C=O) groups excluding carboxylic acids is 1. The lowest BCUT2D eigenvalue weighted by molar-refractivity contribution is 0.0744. The number of hydrogen-bond donors (Lipinski definition) is 1. The maximum Gasteiger partial charge on any atom is 0.253 e. The number of nitrogens with one attached hydrogen (secondary N) is 1. The fourth-order valence-electron chi connectivity index (χ4n) is 3.56. The number of carbonyl (C=O) groups is 1. The minimum absolute atomic E-state index is 0. The van der Waals surface area contributed by atoms with Crippen LogP contribution < -0.4 is 5.32 Å². The molecule has 0 radical (unpaired) electrons. The second-order valence-corrected chi connectivity index (χ2v) is 6.59. The van der Waals surface area contributed by atoms with Crippen LogP contribution in [0.2, 0.25) is 0 Å². The quantitative estimate of drug-likeness (QED) is 0.770. The van der Waals surface area contributed by atoms with E-state index in [1.165, 1.54) is 0 Å². The number of benzene rings is 2. The Hall–Kier alpha value is -2.37. The second-order valence-electron chi connectivity index (χ2n) is 6.59. The number of imidazole rings is 1. The normalized spacial score (nSPS) is 16.5. The summed E-state index contributed by atoms with van der Waals surface area (Å²) in [5.41, 5.74) is 3.80. The van der Waals surface area contributed by atoms with Crippen LogP contribution in [0.25, 0.3) is 16.7 Å². The molecule has 2 heterocycles. The van der Waals surface area contributed by atoms with Crippen LogP contribution in [-0.2, 0) is 0 Å². The van der Waals surface area contributed by atoms with E-state index in [2.05, 4.69) is 20.9 Å². The molecule has 0 bridgehead atoms. The monoisotopic (exact) mass is 370 g/mol. The number of rotatable bonds is 3. The summed E-state index contributed by atoms with van der Waals surface area (Å²) < 4.78 is 2.12. The Balaban J connectivity index is 0.00000196. The number of hydrogen-bond acceptors (Lipinski definition) is 3. The first-order valence-electron chi connectivity index (χ1n) is 8.67. The first kappa shape index (κ1) is 18.4. The molecule has 3 aromatic rings. The van der Waals surface area contributed by atoms with Gasteiger partial charge in [-0.3, -0.25) is 9.36 Å². The van der Waals surface area contributed by atoms with Crippen LogP contribution >= 0.6 is 12.4 Å². The largest absolute Gasteiger partial charge is 0.337 e. The van der Waals surface area contributed by atoms with Crippen molar-refractivity contribution in [2.45, 2.75) is 19.4 Å². The molecule has 1 N–H and O–H groups in total. The lowest BCUT2D eigenvalue weighted by Gasteiger charge is -2.24. The molecule has 6 heteroatoms. The number of halogens is 1. The van der Waals surface area contributed by atoms with Gasteiger partial charge in [0.25, 0.3) is 5.91 Å². The summed E-state index contributed by atoms with van der Waals surface area (Å²) in [5, 5.41) is 3.31. The van der Waals surface area contributed by atoms with Crippen molar-refractivity contribution < 1.29 is 4.79 Å². The number of fused-ring (bicyclic) bond motifs is 1. The highest BCUT2D eigenvalue weighted by atomic mass is 35.5. The minimum atomic E-state index is 0. The van der Waals surface area contributed by atoms with Crippen molar-refractivity contribution in [1.29, 1.82) is 0 Å². The molecule has 1 atom stereocenters. The molecule has 0 unspecified atom stereocenters. The molecule has 1 aromatic heterocycles. The van der Waals surface area contributed by atoms with E-state index in [4.69, 9.17) is 0 Å². The number of nitrogens with zero attached hydrogens (tertiary/aromatic N) is 3. The molecular weight excluding hydrogens is 348 g/mol. The number of aromatic nitrogens is 2. The van der Waals surface area contributed by atoms with Crippen LogP contribution in [0.1, 0.15) is 22.6 Å². The van der Waals surface area contributed by atoms with Gasteiger partial charge in [0.15, 0.2) is 0 Å². The van der Waals surface area contributed by atoms with Gasteiger partial charge in [-0.25, -0.2) is 4.98 Å². The number of amides is 1. The molecule has 26 heavy (non-hydrogen) atoms. The van der Waals surface area contributed by atoms with Crippen LogP contribution in [0.5, 0.6) is 0 Å². The Morgan fingerprint density at radius 3 is 2.62 bits per heavy atom. The van der Waals surface area contributed by atoms with E-state index in [-0.39, 0.29) is 24.4 Å². The van der Waals surface area contributed by atoms with Gasteiger partial charge in [-0.05, 0) is 56.3 Å². The molecule has 0 aliphatic carbocycles. The highest BCUT2D eigenvalue weighted by Gasteiger charge is 2.24. The Labute approximate surface area is 159 Å². The lowest BCUT2D eigenvalue weighted by Crippen LogP contribution is -2.38. The van der Waals surface area contributed by atoms with Gasteiger partial charge in [-0.2, -0.15) is 0 Å². The average Bonchev–Trinajstić information content (AvgIpc) is 3.27. The molecule has 136 valence electrons. The molecule has 1 aliphatic rings. The Kier molecular flexibility index (Phi) is 5.30. The molecular formula is C20H23ClN4O. The Morgan fingerprint density at radius 2 is 1.92 bits per heavy atom. The Morgan fingerprint density at radius 1 is 1.19 bits per heavy atom. The predicted octanol–water partition coefficient (Wildman–Crippen LogP) is 3.19. The average molecular weight is 371 g/mol. The summed E-state index contributed by atoms with van der Waals surface area (Å²) in [6.07, 6.45) is 1.01. The smallest absolute Gasteiger partial charge is 0.253 e. The highest BCUT2D eigenvalue weighted by Crippen LogP contribution is 2.22. The zero-order valence-electron chi connectivity index (χ0n) is 15.0. The van der Waals surface area contributed by atoms with E-state index in [1.807, 2.05) is 61.3 Å². The van der Waals surface area contributed by atoms with Gasteiger partial charge in [0.2, 0.25) is 0 Å². The van der Waals surface area contributed by atoms with E-state index in [1.54, 1.807) is 0 Å². The standard InChI is InChI=1S/C20H22N4O.ClH/c1-14-22-18-5-3-4-6-19(18)24(14)16-9-7-15(8-10-16)20(25)23(2)17-11-12-21-13-17;/h3-10,17,21H,11-13H2,1-2H3;1H/t17-;/m1./s1. The summed E-state index contributed by atoms with van der Waals surface area (Å²) in [7, 11) is 1.89. The third kappa shape index (κ3) is 3.20. The number of likely N-dealkylation sites (N-methyl/N-ethyl adjacent to an activating group) is 1. The molecule has 5 nitrogen and oxygen atoms in total. The van der Waals surface area contributed by atoms with E-state index in [0.717, 1.165) is 47.6 Å². The summed E-state index contributed by atoms with van der Waals surface area (Å²) in [6.45, 7) is 3.86. The molecule has 1 saturated heterocycles. The van der Waals surface area contributed by atoms with E-state index in [0.29, 0.717) is 0 Å². The fraction of sp³-hybridized carbons (Fsp3) is 0.300. The van der Waals surface area contributed by atoms with Crippen LogP contribution in [-0.4, -0.2) is 46.5 Å². The van der Waals surface area contributed by atoms with E-state index in [9.17, 15) is 4.79 Å². The van der Waals surface area contributed by atoms with Crippen LogP contribution in [0.4, 0.5) is 0 Å². The van der Waals surface area contributed by atoms with E-state index < -0.39 is 0 Å². The molecule has 1 amide bonds. The zero-order valence-corrected chi connectivity index (χ0v) is 15.8. The molecule has 0 saturated carbocycles. The van der Waals surface area contributed by atoms with Gasteiger partial charge in [0, 0.05) is 30.9 Å². The zero-order chi connectivity index (χ0) is 17.4. The molecule has 1 aliphatic heterocycles. The minimum Gasteiger partial charge on any atom is -0.337 e. The lowest BCUT2D eigenvalue weighted by atomic mass is 10.1. The predicted molar refractivity (Wildman–Crippen MR) is 106 cm³/mol. The summed E-state index contributed by atoms with van der Waals surface area (Å²) >= 11 is 0. The number of para-hydroxylation sites is 2. The van der Waals surface area contributed by atoms with Crippen LogP contribution in [0.3, 0.4) is 0 Å². The van der Waals surface area contributed by atoms with Crippen molar-refractivity contribution in [3.05, 3.63) is 59.9 Å². The van der Waals surface area contributed by atoms with Gasteiger partial charge < -0.3 is 10.2 Å². The third-order valence-electron chi connectivity index (χ3n) is 5.00. The SMILES string of the molecule is Cc1nc2ccccc2n1-c1ccc(C(=O)N(C)[C@@H]2CCNC2)cc1.Cl. The van der Waals surface area contributed by atoms with Crippen molar-refractivity contribution >= 4 is 29.3 Å². The topological polar surface area (TPSA) is 50.2 Å². The Bertz CT molecular complexity index is 913. The fourth-order valence-corrected chi connectivity index (χ4v) is 3.56. The maximum atomic E-state index is 12.7. The highest BCUT2D eigenvalue weighted by molar-refractivity contribution is 5.94. The second kappa shape index (κ2) is 7.48.